The van der Waals surface area contributed by atoms with E-state index in [1.807, 2.05) is 0 Å². The van der Waals surface area contributed by atoms with Gasteiger partial charge in [0.05, 0.1) is 24.3 Å². The van der Waals surface area contributed by atoms with Crippen LogP contribution in [0.5, 0.6) is 0 Å². The number of ether oxygens (including phenoxy) is 1. The number of carbonyl (C=O) groups excluding carboxylic acids is 2. The average molecular weight is 427 g/mol. The van der Waals surface area contributed by atoms with Crippen LogP contribution in [0, 0.1) is 5.92 Å². The van der Waals surface area contributed by atoms with Crippen molar-refractivity contribution in [3.05, 3.63) is 70.3 Å². The van der Waals surface area contributed by atoms with Crippen LogP contribution in [0.15, 0.2) is 59.2 Å². The van der Waals surface area contributed by atoms with Gasteiger partial charge in [0.2, 0.25) is 0 Å². The molecule has 1 N–H and O–H groups in total. The Morgan fingerprint density at radius 3 is 2.37 bits per heavy atom. The molecule has 1 unspecified atom stereocenters. The summed E-state index contributed by atoms with van der Waals surface area (Å²) < 4.78 is 4.65. The van der Waals surface area contributed by atoms with E-state index in [-0.39, 0.29) is 17.9 Å². The molecule has 0 fully saturated rings. The van der Waals surface area contributed by atoms with E-state index in [9.17, 15) is 19.5 Å². The summed E-state index contributed by atoms with van der Waals surface area (Å²) in [6.45, 7) is 1.70. The van der Waals surface area contributed by atoms with Gasteiger partial charge in [-0.2, -0.15) is 5.10 Å². The zero-order chi connectivity index (χ0) is 21.8. The molecule has 1 atom stereocenters. The maximum Gasteiger partial charge on any atom is 0.337 e. The van der Waals surface area contributed by atoms with Crippen LogP contribution >= 0.6 is 11.6 Å². The highest BCUT2D eigenvalue weighted by Crippen LogP contribution is 2.29. The van der Waals surface area contributed by atoms with Crippen molar-refractivity contribution >= 4 is 46.9 Å². The Bertz CT molecular complexity index is 1040. The summed E-state index contributed by atoms with van der Waals surface area (Å²) >= 11 is 5.89. The topological polar surface area (TPSA) is 96.3 Å². The number of carboxylic acid groups (broad SMARTS) is 1. The Morgan fingerprint density at radius 1 is 1.17 bits per heavy atom. The molecule has 2 aromatic rings. The first-order valence-electron chi connectivity index (χ1n) is 9.07. The number of hydrogen-bond donors (Lipinski definition) is 1. The number of amides is 1. The lowest BCUT2D eigenvalue weighted by Crippen LogP contribution is -2.28. The van der Waals surface area contributed by atoms with E-state index in [0.29, 0.717) is 27.5 Å². The van der Waals surface area contributed by atoms with Crippen molar-refractivity contribution in [2.75, 3.05) is 12.1 Å². The normalized spacial score (nSPS) is 16.4. The molecule has 0 aromatic heterocycles. The van der Waals surface area contributed by atoms with Gasteiger partial charge in [-0.3, -0.25) is 4.79 Å². The predicted molar refractivity (Wildman–Crippen MR) is 114 cm³/mol. The second-order valence-corrected chi connectivity index (χ2v) is 7.15. The Labute approximate surface area is 178 Å². The fourth-order valence-corrected chi connectivity index (χ4v) is 3.19. The highest BCUT2D eigenvalue weighted by Gasteiger charge is 2.35. The van der Waals surface area contributed by atoms with Gasteiger partial charge < -0.3 is 9.84 Å². The van der Waals surface area contributed by atoms with Gasteiger partial charge in [0.1, 0.15) is 0 Å². The van der Waals surface area contributed by atoms with Crippen molar-refractivity contribution in [2.24, 2.45) is 11.0 Å². The number of rotatable bonds is 6. The monoisotopic (exact) mass is 426 g/mol. The second kappa shape index (κ2) is 8.92. The average Bonchev–Trinajstić information content (AvgIpc) is 3.01. The number of esters is 1. The molecule has 0 saturated carbocycles. The van der Waals surface area contributed by atoms with Crippen molar-refractivity contribution in [2.45, 2.75) is 13.3 Å². The maximum atomic E-state index is 12.9. The van der Waals surface area contributed by atoms with Gasteiger partial charge in [-0.15, -0.1) is 0 Å². The molecule has 2 aromatic carbocycles. The van der Waals surface area contributed by atoms with Crippen LogP contribution in [-0.2, 0) is 14.3 Å². The molecule has 8 heteroatoms. The van der Waals surface area contributed by atoms with E-state index in [4.69, 9.17) is 11.6 Å². The molecule has 3 rings (SSSR count). The molecule has 154 valence electrons. The molecular weight excluding hydrogens is 408 g/mol. The number of anilines is 1. The Kier molecular flexibility index (Phi) is 6.32. The molecular formula is C22H19ClN2O5. The van der Waals surface area contributed by atoms with E-state index in [1.54, 1.807) is 55.5 Å². The lowest BCUT2D eigenvalue weighted by atomic mass is 9.93. The molecule has 0 spiro atoms. The molecule has 1 heterocycles. The van der Waals surface area contributed by atoms with Crippen LogP contribution in [0.2, 0.25) is 5.02 Å². The number of halogens is 1. The van der Waals surface area contributed by atoms with Crippen LogP contribution in [0.25, 0.3) is 6.08 Å². The van der Waals surface area contributed by atoms with Gasteiger partial charge in [0.25, 0.3) is 5.91 Å². The minimum absolute atomic E-state index is 0.00760. The minimum atomic E-state index is -1.13. The molecule has 1 amide bonds. The summed E-state index contributed by atoms with van der Waals surface area (Å²) in [6, 6.07) is 13.0. The largest absolute Gasteiger partial charge is 0.478 e. The lowest BCUT2D eigenvalue weighted by Gasteiger charge is -2.15. The third-order valence-electron chi connectivity index (χ3n) is 4.71. The number of hydrazone groups is 1. The number of carbonyl (C=O) groups is 3. The molecule has 0 bridgehead atoms. The molecule has 0 radical (unpaired) electrons. The molecule has 1 aliphatic rings. The van der Waals surface area contributed by atoms with Crippen molar-refractivity contribution in [1.82, 2.24) is 0 Å². The first-order valence-corrected chi connectivity index (χ1v) is 9.45. The number of hydrogen-bond acceptors (Lipinski definition) is 5. The molecule has 0 aliphatic carbocycles. The van der Waals surface area contributed by atoms with Crippen LogP contribution in [0.1, 0.15) is 29.3 Å². The lowest BCUT2D eigenvalue weighted by molar-refractivity contribution is -0.132. The van der Waals surface area contributed by atoms with Crippen LogP contribution in [0.4, 0.5) is 5.69 Å². The summed E-state index contributed by atoms with van der Waals surface area (Å²) in [4.78, 5) is 36.2. The van der Waals surface area contributed by atoms with Gasteiger partial charge in [-0.25, -0.2) is 14.6 Å². The number of carboxylic acids is 1. The van der Waals surface area contributed by atoms with Crippen molar-refractivity contribution < 1.29 is 24.2 Å². The molecule has 1 aliphatic heterocycles. The summed E-state index contributed by atoms with van der Waals surface area (Å²) in [5.74, 6) is -2.59. The first kappa shape index (κ1) is 21.3. The smallest absolute Gasteiger partial charge is 0.337 e. The number of aliphatic carboxylic acids is 1. The van der Waals surface area contributed by atoms with Gasteiger partial charge in [0, 0.05) is 16.3 Å². The van der Waals surface area contributed by atoms with Crippen LogP contribution in [0.3, 0.4) is 0 Å². The van der Waals surface area contributed by atoms with E-state index in [2.05, 4.69) is 9.84 Å². The standard InChI is InChI=1S/C22H19ClN2O5/c1-13-19(20(26)25(24-13)18-9-7-17(23)8-10-18)12-16(21(27)28)11-14-3-5-15(6-4-14)22(29)30-2/h3-11,19H,12H2,1-2H3,(H,27,28)/b16-11-. The minimum Gasteiger partial charge on any atom is -0.478 e. The fourth-order valence-electron chi connectivity index (χ4n) is 3.07. The number of nitrogens with zero attached hydrogens (tertiary/aromatic N) is 2. The Balaban J connectivity index is 1.81. The third-order valence-corrected chi connectivity index (χ3v) is 4.96. The van der Waals surface area contributed by atoms with Gasteiger partial charge in [-0.05, 0) is 61.4 Å². The molecule has 30 heavy (non-hydrogen) atoms. The van der Waals surface area contributed by atoms with Crippen molar-refractivity contribution in [1.29, 1.82) is 0 Å². The van der Waals surface area contributed by atoms with Crippen LogP contribution in [-0.4, -0.2) is 35.8 Å². The first-order chi connectivity index (χ1) is 14.3. The maximum absolute atomic E-state index is 12.9. The van der Waals surface area contributed by atoms with Gasteiger partial charge >= 0.3 is 11.9 Å². The predicted octanol–water partition coefficient (Wildman–Crippen LogP) is 4.02. The van der Waals surface area contributed by atoms with Crippen molar-refractivity contribution in [3.8, 4) is 0 Å². The summed E-state index contributed by atoms with van der Waals surface area (Å²) in [7, 11) is 1.29. The third kappa shape index (κ3) is 4.58. The Hall–Kier alpha value is -3.45. The van der Waals surface area contributed by atoms with Gasteiger partial charge in [0.15, 0.2) is 0 Å². The van der Waals surface area contributed by atoms with Gasteiger partial charge in [-0.1, -0.05) is 23.7 Å². The van der Waals surface area contributed by atoms with E-state index in [0.717, 1.165) is 0 Å². The number of methoxy groups -OCH3 is 1. The highest BCUT2D eigenvalue weighted by molar-refractivity contribution is 6.30. The zero-order valence-corrected chi connectivity index (χ0v) is 17.1. The van der Waals surface area contributed by atoms with E-state index in [1.165, 1.54) is 18.2 Å². The molecule has 0 saturated heterocycles. The summed E-state index contributed by atoms with van der Waals surface area (Å²) in [5, 5.41) is 15.7. The number of benzene rings is 2. The SMILES string of the molecule is COC(=O)c1ccc(/C=C(/CC2C(=O)N(c3ccc(Cl)cc3)N=C2C)C(=O)O)cc1. The summed E-state index contributed by atoms with van der Waals surface area (Å²) in [6.07, 6.45) is 1.47. The van der Waals surface area contributed by atoms with E-state index >= 15 is 0 Å². The highest BCUT2D eigenvalue weighted by atomic mass is 35.5. The molecule has 7 nitrogen and oxygen atoms in total. The zero-order valence-electron chi connectivity index (χ0n) is 16.3. The summed E-state index contributed by atoms with van der Waals surface area (Å²) in [5.41, 5.74) is 2.11. The Morgan fingerprint density at radius 2 is 1.80 bits per heavy atom. The van der Waals surface area contributed by atoms with E-state index < -0.39 is 17.9 Å². The van der Waals surface area contributed by atoms with Crippen molar-refractivity contribution in [3.63, 3.8) is 0 Å². The quantitative estimate of drug-likeness (QED) is 0.555. The van der Waals surface area contributed by atoms with Crippen LogP contribution < -0.4 is 5.01 Å². The second-order valence-electron chi connectivity index (χ2n) is 6.71. The fraction of sp³-hybridized carbons (Fsp3) is 0.182.